The molecule has 1 amide bonds. The smallest absolute Gasteiger partial charge is 0.306 e. The van der Waals surface area contributed by atoms with Crippen molar-refractivity contribution in [3.63, 3.8) is 0 Å². The van der Waals surface area contributed by atoms with Crippen LogP contribution >= 0.6 is 15.9 Å². The average molecular weight is 341 g/mol. The minimum absolute atomic E-state index is 0.0530. The number of anilines is 1. The highest BCUT2D eigenvalue weighted by atomic mass is 79.9. The van der Waals surface area contributed by atoms with Crippen LogP contribution in [0.5, 0.6) is 0 Å². The van der Waals surface area contributed by atoms with Crippen LogP contribution in [0.15, 0.2) is 22.7 Å². The van der Waals surface area contributed by atoms with E-state index in [0.717, 1.165) is 12.8 Å². The van der Waals surface area contributed by atoms with Crippen molar-refractivity contribution in [1.82, 2.24) is 0 Å². The lowest BCUT2D eigenvalue weighted by Gasteiger charge is -2.28. The summed E-state index contributed by atoms with van der Waals surface area (Å²) in [5.41, 5.74) is 6.46. The minimum Gasteiger partial charge on any atom is -0.481 e. The molecule has 1 aromatic rings. The summed E-state index contributed by atoms with van der Waals surface area (Å²) < 4.78 is 0.639. The molecule has 1 fully saturated rings. The van der Waals surface area contributed by atoms with Gasteiger partial charge in [-0.05, 0) is 47.3 Å². The molecule has 1 aliphatic rings. The van der Waals surface area contributed by atoms with Gasteiger partial charge in [-0.1, -0.05) is 12.5 Å². The molecule has 1 aliphatic carbocycles. The molecule has 1 saturated carbocycles. The standard InChI is InChI=1S/C14H17BrN2O3/c15-10-5-2-6-11(12(10)13(16)18)17-9-4-1-3-8(7-9)14(19)20/h2,5-6,8-9,17H,1,3-4,7H2,(H2,16,18)(H,19,20). The Labute approximate surface area is 125 Å². The number of halogens is 1. The van der Waals surface area contributed by atoms with Crippen LogP contribution in [0.2, 0.25) is 0 Å². The minimum atomic E-state index is -0.749. The van der Waals surface area contributed by atoms with Gasteiger partial charge < -0.3 is 16.2 Å². The summed E-state index contributed by atoms with van der Waals surface area (Å²) in [6.07, 6.45) is 3.05. The van der Waals surface area contributed by atoms with E-state index >= 15 is 0 Å². The fourth-order valence-electron chi connectivity index (χ4n) is 2.66. The summed E-state index contributed by atoms with van der Waals surface area (Å²) in [7, 11) is 0. The highest BCUT2D eigenvalue weighted by Crippen LogP contribution is 2.30. The summed E-state index contributed by atoms with van der Waals surface area (Å²) in [4.78, 5) is 22.6. The van der Waals surface area contributed by atoms with Crippen molar-refractivity contribution in [2.45, 2.75) is 31.7 Å². The number of nitrogens with two attached hydrogens (primary N) is 1. The van der Waals surface area contributed by atoms with Crippen LogP contribution in [-0.4, -0.2) is 23.0 Å². The maximum absolute atomic E-state index is 11.5. The van der Waals surface area contributed by atoms with Gasteiger partial charge in [0, 0.05) is 16.2 Å². The molecule has 2 atom stereocenters. The van der Waals surface area contributed by atoms with Crippen LogP contribution in [0.25, 0.3) is 0 Å². The third kappa shape index (κ3) is 3.30. The molecule has 0 bridgehead atoms. The molecule has 0 saturated heterocycles. The van der Waals surface area contributed by atoms with E-state index < -0.39 is 11.9 Å². The summed E-state index contributed by atoms with van der Waals surface area (Å²) in [5, 5.41) is 12.4. The molecule has 4 N–H and O–H groups in total. The Hall–Kier alpha value is -1.56. The first kappa shape index (κ1) is 14.8. The number of nitrogens with one attached hydrogen (secondary N) is 1. The molecule has 0 spiro atoms. The van der Waals surface area contributed by atoms with Gasteiger partial charge in [0.1, 0.15) is 0 Å². The zero-order valence-corrected chi connectivity index (χ0v) is 12.5. The lowest BCUT2D eigenvalue weighted by atomic mass is 9.85. The van der Waals surface area contributed by atoms with E-state index in [4.69, 9.17) is 10.8 Å². The van der Waals surface area contributed by atoms with Gasteiger partial charge in [-0.2, -0.15) is 0 Å². The molecule has 1 aromatic carbocycles. The second-order valence-corrected chi connectivity index (χ2v) is 5.92. The number of carbonyl (C=O) groups excluding carboxylic acids is 1. The maximum atomic E-state index is 11.5. The van der Waals surface area contributed by atoms with E-state index in [0.29, 0.717) is 28.6 Å². The predicted octanol–water partition coefficient (Wildman–Crippen LogP) is 2.60. The van der Waals surface area contributed by atoms with E-state index in [9.17, 15) is 9.59 Å². The van der Waals surface area contributed by atoms with Crippen LogP contribution in [0.3, 0.4) is 0 Å². The number of primary amides is 1. The van der Waals surface area contributed by atoms with Gasteiger partial charge in [-0.15, -0.1) is 0 Å². The predicted molar refractivity (Wildman–Crippen MR) is 79.7 cm³/mol. The number of carboxylic acid groups (broad SMARTS) is 1. The third-order valence-corrected chi connectivity index (χ3v) is 4.30. The summed E-state index contributed by atoms with van der Waals surface area (Å²) in [5.74, 6) is -1.57. The van der Waals surface area contributed by atoms with Crippen LogP contribution in [-0.2, 0) is 4.79 Å². The molecule has 2 unspecified atom stereocenters. The Morgan fingerprint density at radius 2 is 2.10 bits per heavy atom. The van der Waals surface area contributed by atoms with Gasteiger partial charge in [0.05, 0.1) is 11.5 Å². The lowest BCUT2D eigenvalue weighted by Crippen LogP contribution is -2.31. The first-order valence-electron chi connectivity index (χ1n) is 6.56. The van der Waals surface area contributed by atoms with Crippen molar-refractivity contribution < 1.29 is 14.7 Å². The Balaban J connectivity index is 2.16. The van der Waals surface area contributed by atoms with Crippen molar-refractivity contribution in [2.24, 2.45) is 11.7 Å². The fraction of sp³-hybridized carbons (Fsp3) is 0.429. The Morgan fingerprint density at radius 1 is 1.35 bits per heavy atom. The number of carbonyl (C=O) groups is 2. The highest BCUT2D eigenvalue weighted by Gasteiger charge is 2.27. The summed E-state index contributed by atoms with van der Waals surface area (Å²) in [6.45, 7) is 0. The van der Waals surface area contributed by atoms with E-state index in [1.165, 1.54) is 0 Å². The van der Waals surface area contributed by atoms with Gasteiger partial charge in [-0.25, -0.2) is 0 Å². The number of aliphatic carboxylic acids is 1. The summed E-state index contributed by atoms with van der Waals surface area (Å²) >= 11 is 3.31. The molecule has 5 nitrogen and oxygen atoms in total. The maximum Gasteiger partial charge on any atom is 0.306 e. The quantitative estimate of drug-likeness (QED) is 0.785. The van der Waals surface area contributed by atoms with Gasteiger partial charge in [0.2, 0.25) is 0 Å². The van der Waals surface area contributed by atoms with Crippen molar-refractivity contribution in [3.8, 4) is 0 Å². The third-order valence-electron chi connectivity index (χ3n) is 3.64. The molecule has 0 heterocycles. The second kappa shape index (κ2) is 6.26. The number of hydrogen-bond acceptors (Lipinski definition) is 3. The molecule has 20 heavy (non-hydrogen) atoms. The number of carboxylic acids is 1. The van der Waals surface area contributed by atoms with Crippen LogP contribution < -0.4 is 11.1 Å². The zero-order chi connectivity index (χ0) is 14.7. The molecule has 6 heteroatoms. The number of hydrogen-bond donors (Lipinski definition) is 3. The highest BCUT2D eigenvalue weighted by molar-refractivity contribution is 9.10. The largest absolute Gasteiger partial charge is 0.481 e. The molecule has 0 aromatic heterocycles. The number of amides is 1. The van der Waals surface area contributed by atoms with Crippen molar-refractivity contribution in [2.75, 3.05) is 5.32 Å². The molecule has 0 radical (unpaired) electrons. The molecule has 2 rings (SSSR count). The van der Waals surface area contributed by atoms with E-state index in [1.807, 2.05) is 6.07 Å². The fourth-order valence-corrected chi connectivity index (χ4v) is 3.22. The first-order valence-corrected chi connectivity index (χ1v) is 7.36. The Bertz CT molecular complexity index is 533. The van der Waals surface area contributed by atoms with E-state index in [2.05, 4.69) is 21.2 Å². The average Bonchev–Trinajstić information content (AvgIpc) is 2.38. The Kier molecular flexibility index (Phi) is 4.65. The topological polar surface area (TPSA) is 92.4 Å². The zero-order valence-electron chi connectivity index (χ0n) is 10.9. The van der Waals surface area contributed by atoms with Crippen LogP contribution in [0.4, 0.5) is 5.69 Å². The van der Waals surface area contributed by atoms with Gasteiger partial charge in [0.15, 0.2) is 0 Å². The van der Waals surface area contributed by atoms with Crippen molar-refractivity contribution in [1.29, 1.82) is 0 Å². The van der Waals surface area contributed by atoms with Crippen molar-refractivity contribution >= 4 is 33.5 Å². The first-order chi connectivity index (χ1) is 9.49. The van der Waals surface area contributed by atoms with Crippen molar-refractivity contribution in [3.05, 3.63) is 28.2 Å². The number of benzene rings is 1. The van der Waals surface area contributed by atoms with E-state index in [1.54, 1.807) is 12.1 Å². The Morgan fingerprint density at radius 3 is 2.75 bits per heavy atom. The molecular weight excluding hydrogens is 324 g/mol. The lowest BCUT2D eigenvalue weighted by molar-refractivity contribution is -0.142. The van der Waals surface area contributed by atoms with Crippen LogP contribution in [0, 0.1) is 5.92 Å². The SMILES string of the molecule is NC(=O)c1c(Br)cccc1NC1CCCC(C(=O)O)C1. The van der Waals surface area contributed by atoms with Gasteiger partial charge >= 0.3 is 5.97 Å². The van der Waals surface area contributed by atoms with Gasteiger partial charge in [0.25, 0.3) is 5.91 Å². The molecule has 108 valence electrons. The van der Waals surface area contributed by atoms with E-state index in [-0.39, 0.29) is 12.0 Å². The molecule has 0 aliphatic heterocycles. The van der Waals surface area contributed by atoms with Crippen LogP contribution in [0.1, 0.15) is 36.0 Å². The second-order valence-electron chi connectivity index (χ2n) is 5.07. The summed E-state index contributed by atoms with van der Waals surface area (Å²) in [6, 6.07) is 5.41. The normalized spacial score (nSPS) is 22.2. The monoisotopic (exact) mass is 340 g/mol. The molecular formula is C14H17BrN2O3. The van der Waals surface area contributed by atoms with Gasteiger partial charge in [-0.3, -0.25) is 9.59 Å². The number of rotatable bonds is 4.